The predicted octanol–water partition coefficient (Wildman–Crippen LogP) is 3.81. The van der Waals surface area contributed by atoms with E-state index in [9.17, 15) is 0 Å². The Morgan fingerprint density at radius 3 is 2.71 bits per heavy atom. The van der Waals surface area contributed by atoms with Gasteiger partial charge in [0, 0.05) is 4.90 Å². The van der Waals surface area contributed by atoms with Gasteiger partial charge in [-0.25, -0.2) is 0 Å². The second kappa shape index (κ2) is 5.37. The van der Waals surface area contributed by atoms with Gasteiger partial charge in [0.05, 0.1) is 21.8 Å². The van der Waals surface area contributed by atoms with E-state index in [1.54, 1.807) is 18.2 Å². The lowest BCUT2D eigenvalue weighted by Gasteiger charge is -2.03. The topological polar surface area (TPSA) is 49.6 Å². The van der Waals surface area contributed by atoms with Crippen molar-refractivity contribution >= 4 is 35.0 Å². The number of hydrogen-bond acceptors (Lipinski definition) is 4. The van der Waals surface area contributed by atoms with Gasteiger partial charge in [-0.05, 0) is 24.3 Å². The standard InChI is InChI=1S/C11H5Cl2N3S/c12-9-2-1-8(5-10(9)13)17-11-7(6-14)3-4-15-16-11/h1-5H. The van der Waals surface area contributed by atoms with Gasteiger partial charge >= 0.3 is 0 Å². The lowest BCUT2D eigenvalue weighted by atomic mass is 10.3. The van der Waals surface area contributed by atoms with Gasteiger partial charge in [-0.15, -0.1) is 5.10 Å². The van der Waals surface area contributed by atoms with Crippen LogP contribution >= 0.6 is 35.0 Å². The van der Waals surface area contributed by atoms with E-state index in [0.717, 1.165) is 4.90 Å². The Bertz CT molecular complexity index is 596. The summed E-state index contributed by atoms with van der Waals surface area (Å²) in [6, 6.07) is 8.92. The van der Waals surface area contributed by atoms with Gasteiger partial charge in [-0.1, -0.05) is 35.0 Å². The molecule has 0 unspecified atom stereocenters. The van der Waals surface area contributed by atoms with Crippen LogP contribution in [0.4, 0.5) is 0 Å². The predicted molar refractivity (Wildman–Crippen MR) is 67.3 cm³/mol. The quantitative estimate of drug-likeness (QED) is 0.840. The Hall–Kier alpha value is -1.28. The minimum absolute atomic E-state index is 0.471. The van der Waals surface area contributed by atoms with Gasteiger partial charge in [0.2, 0.25) is 0 Å². The summed E-state index contributed by atoms with van der Waals surface area (Å²) in [7, 11) is 0. The number of nitriles is 1. The van der Waals surface area contributed by atoms with E-state index in [1.165, 1.54) is 18.0 Å². The molecule has 6 heteroatoms. The van der Waals surface area contributed by atoms with Crippen LogP contribution in [0, 0.1) is 11.3 Å². The molecule has 2 aromatic rings. The van der Waals surface area contributed by atoms with Gasteiger partial charge in [0.25, 0.3) is 0 Å². The summed E-state index contributed by atoms with van der Waals surface area (Å²) >= 11 is 13.1. The molecule has 1 heterocycles. The number of rotatable bonds is 2. The van der Waals surface area contributed by atoms with Crippen LogP contribution in [0.15, 0.2) is 40.4 Å². The van der Waals surface area contributed by atoms with Crippen molar-refractivity contribution in [2.75, 3.05) is 0 Å². The smallest absolute Gasteiger partial charge is 0.141 e. The summed E-state index contributed by atoms with van der Waals surface area (Å²) < 4.78 is 0. The van der Waals surface area contributed by atoms with Crippen LogP contribution in [0.3, 0.4) is 0 Å². The summed E-state index contributed by atoms with van der Waals surface area (Å²) in [5.74, 6) is 0. The molecule has 0 aliphatic rings. The highest BCUT2D eigenvalue weighted by molar-refractivity contribution is 7.99. The Morgan fingerprint density at radius 2 is 2.00 bits per heavy atom. The highest BCUT2D eigenvalue weighted by atomic mass is 35.5. The van der Waals surface area contributed by atoms with Gasteiger partial charge < -0.3 is 0 Å². The summed E-state index contributed by atoms with van der Waals surface area (Å²) in [5.41, 5.74) is 0.482. The molecule has 0 amide bonds. The first-order valence-electron chi connectivity index (χ1n) is 4.55. The molecule has 0 atom stereocenters. The van der Waals surface area contributed by atoms with Crippen molar-refractivity contribution < 1.29 is 0 Å². The summed E-state index contributed by atoms with van der Waals surface area (Å²) in [5, 5.41) is 18.1. The van der Waals surface area contributed by atoms with E-state index in [2.05, 4.69) is 16.3 Å². The van der Waals surface area contributed by atoms with Crippen molar-refractivity contribution in [3.8, 4) is 6.07 Å². The summed E-state index contributed by atoms with van der Waals surface area (Å²) in [4.78, 5) is 0.858. The molecule has 1 aromatic heterocycles. The molecule has 0 bridgehead atoms. The molecule has 17 heavy (non-hydrogen) atoms. The SMILES string of the molecule is N#Cc1ccnnc1Sc1ccc(Cl)c(Cl)c1. The van der Waals surface area contributed by atoms with Crippen LogP contribution in [-0.4, -0.2) is 10.2 Å². The molecule has 0 saturated carbocycles. The van der Waals surface area contributed by atoms with Crippen LogP contribution in [0.25, 0.3) is 0 Å². The van der Waals surface area contributed by atoms with Crippen LogP contribution in [0.1, 0.15) is 5.56 Å². The first-order chi connectivity index (χ1) is 8.20. The number of benzene rings is 1. The third kappa shape index (κ3) is 2.89. The molecule has 84 valence electrons. The minimum Gasteiger partial charge on any atom is -0.192 e. The van der Waals surface area contributed by atoms with E-state index in [-0.39, 0.29) is 0 Å². The van der Waals surface area contributed by atoms with E-state index >= 15 is 0 Å². The largest absolute Gasteiger partial charge is 0.192 e. The Balaban J connectivity index is 2.32. The number of nitrogens with zero attached hydrogens (tertiary/aromatic N) is 3. The third-order valence-electron chi connectivity index (χ3n) is 1.91. The Morgan fingerprint density at radius 1 is 1.18 bits per heavy atom. The molecule has 1 aromatic carbocycles. The lowest BCUT2D eigenvalue weighted by molar-refractivity contribution is 0.920. The monoisotopic (exact) mass is 281 g/mol. The van der Waals surface area contributed by atoms with Crippen molar-refractivity contribution in [2.45, 2.75) is 9.92 Å². The highest BCUT2D eigenvalue weighted by Crippen LogP contribution is 2.32. The van der Waals surface area contributed by atoms with Crippen molar-refractivity contribution in [3.63, 3.8) is 0 Å². The fourth-order valence-corrected chi connectivity index (χ4v) is 2.34. The molecule has 0 N–H and O–H groups in total. The first kappa shape index (κ1) is 12.2. The molecule has 3 nitrogen and oxygen atoms in total. The normalized spacial score (nSPS) is 9.94. The van der Waals surface area contributed by atoms with Crippen LogP contribution in [0.5, 0.6) is 0 Å². The average molecular weight is 282 g/mol. The first-order valence-corrected chi connectivity index (χ1v) is 6.12. The van der Waals surface area contributed by atoms with E-state index < -0.39 is 0 Å². The van der Waals surface area contributed by atoms with Gasteiger partial charge in [-0.3, -0.25) is 0 Å². The molecule has 0 saturated heterocycles. The molecule has 0 aliphatic carbocycles. The maximum absolute atomic E-state index is 8.92. The van der Waals surface area contributed by atoms with Crippen molar-refractivity contribution in [3.05, 3.63) is 46.1 Å². The Kier molecular flexibility index (Phi) is 3.85. The minimum atomic E-state index is 0.471. The highest BCUT2D eigenvalue weighted by Gasteiger charge is 2.07. The molecule has 0 aliphatic heterocycles. The number of hydrogen-bond donors (Lipinski definition) is 0. The Labute approximate surface area is 112 Å². The lowest BCUT2D eigenvalue weighted by Crippen LogP contribution is -1.88. The van der Waals surface area contributed by atoms with E-state index in [1.807, 2.05) is 6.07 Å². The second-order valence-corrected chi connectivity index (χ2v) is 4.92. The second-order valence-electron chi connectivity index (χ2n) is 3.04. The molecule has 2 rings (SSSR count). The van der Waals surface area contributed by atoms with Crippen LogP contribution in [-0.2, 0) is 0 Å². The van der Waals surface area contributed by atoms with E-state index in [4.69, 9.17) is 28.5 Å². The third-order valence-corrected chi connectivity index (χ3v) is 3.64. The van der Waals surface area contributed by atoms with Crippen molar-refractivity contribution in [1.29, 1.82) is 5.26 Å². The van der Waals surface area contributed by atoms with Crippen molar-refractivity contribution in [2.24, 2.45) is 0 Å². The summed E-state index contributed by atoms with van der Waals surface area (Å²) in [6.07, 6.45) is 1.48. The van der Waals surface area contributed by atoms with Gasteiger partial charge in [0.1, 0.15) is 11.1 Å². The van der Waals surface area contributed by atoms with Gasteiger partial charge in [-0.2, -0.15) is 10.4 Å². The molecule has 0 radical (unpaired) electrons. The zero-order valence-electron chi connectivity index (χ0n) is 8.39. The van der Waals surface area contributed by atoms with E-state index in [0.29, 0.717) is 20.6 Å². The molecule has 0 fully saturated rings. The molecular formula is C11H5Cl2N3S. The van der Waals surface area contributed by atoms with Gasteiger partial charge in [0.15, 0.2) is 0 Å². The zero-order valence-corrected chi connectivity index (χ0v) is 10.7. The molecule has 0 spiro atoms. The fourth-order valence-electron chi connectivity index (χ4n) is 1.13. The summed E-state index contributed by atoms with van der Waals surface area (Å²) in [6.45, 7) is 0. The molecular weight excluding hydrogens is 277 g/mol. The number of aromatic nitrogens is 2. The average Bonchev–Trinajstić information content (AvgIpc) is 2.34. The zero-order chi connectivity index (χ0) is 12.3. The number of halogens is 2. The fraction of sp³-hybridized carbons (Fsp3) is 0. The van der Waals surface area contributed by atoms with Crippen LogP contribution in [0.2, 0.25) is 10.0 Å². The van der Waals surface area contributed by atoms with Crippen molar-refractivity contribution in [1.82, 2.24) is 10.2 Å². The maximum Gasteiger partial charge on any atom is 0.141 e. The maximum atomic E-state index is 8.92. The van der Waals surface area contributed by atoms with Crippen LogP contribution < -0.4 is 0 Å².